The summed E-state index contributed by atoms with van der Waals surface area (Å²) in [4.78, 5) is 4.41. The molecule has 0 fully saturated rings. The van der Waals surface area contributed by atoms with E-state index in [9.17, 15) is 0 Å². The van der Waals surface area contributed by atoms with E-state index in [1.54, 1.807) is 0 Å². The van der Waals surface area contributed by atoms with Crippen molar-refractivity contribution in [2.24, 2.45) is 0 Å². The van der Waals surface area contributed by atoms with Gasteiger partial charge in [-0.1, -0.05) is 70.2 Å². The molecule has 215 valence electrons. The quantitative estimate of drug-likeness (QED) is 0.131. The van der Waals surface area contributed by atoms with Crippen LogP contribution in [0.15, 0.2) is 110 Å². The number of hydrogen-bond acceptors (Lipinski definition) is 1. The van der Waals surface area contributed by atoms with E-state index >= 15 is 0 Å². The molecule has 1 aliphatic heterocycles. The Bertz CT molecular complexity index is 2010. The Morgan fingerprint density at radius 3 is 2.23 bits per heavy atom. The summed E-state index contributed by atoms with van der Waals surface area (Å²) in [7, 11) is 0. The Balaban J connectivity index is 0.000000197. The maximum absolute atomic E-state index is 4.41. The summed E-state index contributed by atoms with van der Waals surface area (Å²) in [6.07, 6.45) is 6.00. The Morgan fingerprint density at radius 1 is 0.767 bits per heavy atom. The molecule has 0 amide bonds. The number of para-hydroxylation sites is 2. The Hall–Kier alpha value is -4.40. The maximum Gasteiger partial charge on any atom is 0.493 e. The van der Waals surface area contributed by atoms with Crippen LogP contribution in [0.2, 0.25) is 0 Å². The van der Waals surface area contributed by atoms with Gasteiger partial charge in [0.15, 0.2) is 6.04 Å². The van der Waals surface area contributed by atoms with Gasteiger partial charge in [-0.15, -0.1) is 46.8 Å². The van der Waals surface area contributed by atoms with E-state index in [-0.39, 0.29) is 20.1 Å². The van der Waals surface area contributed by atoms with E-state index in [0.29, 0.717) is 6.04 Å². The second kappa shape index (κ2) is 12.9. The molecule has 4 aromatic carbocycles. The van der Waals surface area contributed by atoms with Crippen LogP contribution in [0.4, 0.5) is 5.69 Å². The van der Waals surface area contributed by atoms with Crippen molar-refractivity contribution in [2.45, 2.75) is 40.7 Å². The van der Waals surface area contributed by atoms with Crippen molar-refractivity contribution in [3.8, 4) is 16.9 Å². The average Bonchev–Trinajstić information content (AvgIpc) is 3.63. The van der Waals surface area contributed by atoms with Crippen LogP contribution >= 0.6 is 0 Å². The monoisotopic (exact) mass is 739 g/mol. The summed E-state index contributed by atoms with van der Waals surface area (Å²) >= 11 is 0. The van der Waals surface area contributed by atoms with Gasteiger partial charge in [-0.25, -0.2) is 0 Å². The van der Waals surface area contributed by atoms with Crippen molar-refractivity contribution < 1.29 is 29.3 Å². The van der Waals surface area contributed by atoms with E-state index in [2.05, 4.69) is 158 Å². The SMILES string of the molecule is CC(C)[N+]1=C=[N+](c2[c-]cc3c4ccccc4n(-c4ccccc4)c3c2)C=C1.Cc1c[c-]c(-c2cc(C)c(C)cn2)cc1.[Ir]. The van der Waals surface area contributed by atoms with Gasteiger partial charge in [-0.05, 0) is 68.1 Å². The molecule has 0 bridgehead atoms. The normalized spacial score (nSPS) is 12.1. The molecule has 5 heteroatoms. The minimum Gasteiger partial charge on any atom is -0.334 e. The average molecular weight is 739 g/mol. The molecule has 3 heterocycles. The number of aromatic nitrogens is 2. The summed E-state index contributed by atoms with van der Waals surface area (Å²) in [5.74, 6) is 0. The van der Waals surface area contributed by atoms with Crippen molar-refractivity contribution in [3.63, 3.8) is 0 Å². The standard InChI is InChI=1S/C24H20N3.C14H14N.Ir/c1-18(2)25-14-15-26(17-25)20-12-13-22-21-10-6-7-11-23(21)27(24(22)16-20)19-8-4-3-5-9-19;1-10-4-6-13(7-5-10)14-8-11(2)12(3)9-15-14;/h3-11,13-16,18H,1-2H3;4-6,8-9H,1-3H3;/q+1;-1;. The van der Waals surface area contributed by atoms with Crippen LogP contribution in [-0.2, 0) is 20.1 Å². The van der Waals surface area contributed by atoms with Gasteiger partial charge in [0.2, 0.25) is 6.20 Å². The van der Waals surface area contributed by atoms with E-state index < -0.39 is 0 Å². The van der Waals surface area contributed by atoms with Crippen molar-refractivity contribution in [1.82, 2.24) is 9.55 Å². The van der Waals surface area contributed by atoms with Crippen LogP contribution < -0.4 is 0 Å². The van der Waals surface area contributed by atoms with Crippen molar-refractivity contribution in [3.05, 3.63) is 138 Å². The van der Waals surface area contributed by atoms with E-state index in [1.807, 2.05) is 23.0 Å². The van der Waals surface area contributed by atoms with E-state index in [1.165, 1.54) is 38.5 Å². The largest absolute Gasteiger partial charge is 0.493 e. The third kappa shape index (κ3) is 6.21. The molecule has 0 saturated heterocycles. The van der Waals surface area contributed by atoms with Gasteiger partial charge >= 0.3 is 6.01 Å². The molecule has 43 heavy (non-hydrogen) atoms. The van der Waals surface area contributed by atoms with Gasteiger partial charge in [-0.2, -0.15) is 6.07 Å². The minimum absolute atomic E-state index is 0. The van der Waals surface area contributed by atoms with E-state index in [4.69, 9.17) is 0 Å². The molecule has 1 radical (unpaired) electrons. The predicted molar refractivity (Wildman–Crippen MR) is 172 cm³/mol. The zero-order valence-electron chi connectivity index (χ0n) is 25.1. The van der Waals surface area contributed by atoms with Crippen LogP contribution in [-0.4, -0.2) is 30.8 Å². The fourth-order valence-electron chi connectivity index (χ4n) is 5.08. The maximum atomic E-state index is 4.41. The van der Waals surface area contributed by atoms with Crippen LogP contribution in [0.25, 0.3) is 38.8 Å². The first-order valence-electron chi connectivity index (χ1n) is 14.3. The number of benzene rings is 4. The molecule has 0 spiro atoms. The zero-order valence-corrected chi connectivity index (χ0v) is 27.5. The van der Waals surface area contributed by atoms with Crippen LogP contribution in [0.1, 0.15) is 30.5 Å². The molecular weight excluding hydrogens is 705 g/mol. The first-order chi connectivity index (χ1) is 20.4. The molecule has 0 saturated carbocycles. The molecule has 6 aromatic rings. The van der Waals surface area contributed by atoms with Gasteiger partial charge < -0.3 is 9.55 Å². The number of aryl methyl sites for hydroxylation is 3. The molecule has 0 atom stereocenters. The van der Waals surface area contributed by atoms with Gasteiger partial charge in [-0.3, -0.25) is 0 Å². The van der Waals surface area contributed by atoms with Crippen molar-refractivity contribution in [2.75, 3.05) is 0 Å². The van der Waals surface area contributed by atoms with Crippen molar-refractivity contribution in [1.29, 1.82) is 0 Å². The molecule has 7 rings (SSSR count). The summed E-state index contributed by atoms with van der Waals surface area (Å²) in [6.45, 7) is 10.6. The molecule has 2 aromatic heterocycles. The smallest absolute Gasteiger partial charge is 0.334 e. The topological polar surface area (TPSA) is 23.8 Å². The molecule has 4 nitrogen and oxygen atoms in total. The second-order valence-corrected chi connectivity index (χ2v) is 11.0. The summed E-state index contributed by atoms with van der Waals surface area (Å²) in [5.41, 5.74) is 10.3. The van der Waals surface area contributed by atoms with Crippen molar-refractivity contribution >= 4 is 33.5 Å². The third-order valence-electron chi connectivity index (χ3n) is 7.64. The zero-order chi connectivity index (χ0) is 29.2. The molecular formula is C38H34IrN4. The van der Waals surface area contributed by atoms with Gasteiger partial charge in [0.25, 0.3) is 6.20 Å². The predicted octanol–water partition coefficient (Wildman–Crippen LogP) is 8.78. The van der Waals surface area contributed by atoms with Crippen LogP contribution in [0.3, 0.4) is 0 Å². The van der Waals surface area contributed by atoms with Gasteiger partial charge in [0.05, 0.1) is 0 Å². The molecule has 1 aliphatic rings. The van der Waals surface area contributed by atoms with E-state index in [0.717, 1.165) is 22.6 Å². The molecule has 0 aliphatic carbocycles. The summed E-state index contributed by atoms with van der Waals surface area (Å²) in [5, 5.41) is 2.45. The first-order valence-corrected chi connectivity index (χ1v) is 14.3. The number of rotatable bonds is 4. The summed E-state index contributed by atoms with van der Waals surface area (Å²) in [6, 6.07) is 42.0. The number of pyridine rings is 1. The Kier molecular flexibility index (Phi) is 8.99. The fraction of sp³-hybridized carbons (Fsp3) is 0.158. The number of nitrogens with zero attached hydrogens (tertiary/aromatic N) is 4. The van der Waals surface area contributed by atoms with Gasteiger partial charge in [0, 0.05) is 37.5 Å². The third-order valence-corrected chi connectivity index (χ3v) is 7.64. The first kappa shape index (κ1) is 30.1. The Morgan fingerprint density at radius 2 is 1.53 bits per heavy atom. The fourth-order valence-corrected chi connectivity index (χ4v) is 5.08. The number of hydrogen-bond donors (Lipinski definition) is 0. The minimum atomic E-state index is 0. The van der Waals surface area contributed by atoms with Crippen LogP contribution in [0.5, 0.6) is 0 Å². The van der Waals surface area contributed by atoms with Gasteiger partial charge in [0.1, 0.15) is 5.69 Å². The molecule has 0 N–H and O–H groups in total. The number of fused-ring (bicyclic) bond motifs is 3. The molecule has 0 unspecified atom stereocenters. The Labute approximate surface area is 267 Å². The second-order valence-electron chi connectivity index (χ2n) is 11.0. The van der Waals surface area contributed by atoms with Crippen LogP contribution in [0, 0.1) is 32.9 Å². The summed E-state index contributed by atoms with van der Waals surface area (Å²) < 4.78 is 6.40.